The second-order valence-electron chi connectivity index (χ2n) is 2.86. The third-order valence-electron chi connectivity index (χ3n) is 1.84. The Morgan fingerprint density at radius 2 is 0.933 bits per heavy atom. The average Bonchev–Trinajstić information content (AvgIpc) is 2.34. The summed E-state index contributed by atoms with van der Waals surface area (Å²) in [7, 11) is 0.777. The molecule has 1 heteroatoms. The summed E-state index contributed by atoms with van der Waals surface area (Å²) in [6.45, 7) is 4.00. The molecule has 0 unspecified atom stereocenters. The molecular weight excluding hydrogens is 199 g/mol. The molecule has 2 aromatic carbocycles. The third kappa shape index (κ3) is 4.27. The van der Waals surface area contributed by atoms with Crippen LogP contribution in [0.5, 0.6) is 0 Å². The molecule has 0 aromatic heterocycles. The van der Waals surface area contributed by atoms with Crippen molar-refractivity contribution in [3.8, 4) is 0 Å². The zero-order valence-electron chi connectivity index (χ0n) is 9.27. The molecule has 0 N–H and O–H groups in total. The maximum absolute atomic E-state index is 2.17. The van der Waals surface area contributed by atoms with Gasteiger partial charge < -0.3 is 0 Å². The van der Waals surface area contributed by atoms with Gasteiger partial charge in [0.05, 0.1) is 0 Å². The molecule has 15 heavy (non-hydrogen) atoms. The van der Waals surface area contributed by atoms with Gasteiger partial charge in [0.1, 0.15) is 0 Å². The van der Waals surface area contributed by atoms with Crippen molar-refractivity contribution in [2.45, 2.75) is 13.8 Å². The Kier molecular flexibility index (Phi) is 5.73. The minimum absolute atomic E-state index is 0.777. The van der Waals surface area contributed by atoms with Gasteiger partial charge in [0, 0.05) is 0 Å². The van der Waals surface area contributed by atoms with Crippen LogP contribution in [0.15, 0.2) is 60.7 Å². The Morgan fingerprint density at radius 3 is 1.27 bits per heavy atom. The summed E-state index contributed by atoms with van der Waals surface area (Å²) >= 11 is 0. The van der Waals surface area contributed by atoms with E-state index in [1.54, 1.807) is 0 Å². The third-order valence-corrected chi connectivity index (χ3v) is 3.08. The van der Waals surface area contributed by atoms with Gasteiger partial charge in [-0.15, -0.1) is 0 Å². The van der Waals surface area contributed by atoms with Gasteiger partial charge in [-0.3, -0.25) is 0 Å². The van der Waals surface area contributed by atoms with E-state index in [4.69, 9.17) is 0 Å². The fourth-order valence-electron chi connectivity index (χ4n) is 1.21. The van der Waals surface area contributed by atoms with E-state index in [0.29, 0.717) is 0 Å². The van der Waals surface area contributed by atoms with Gasteiger partial charge in [-0.1, -0.05) is 83.1 Å². The van der Waals surface area contributed by atoms with Crippen molar-refractivity contribution in [3.63, 3.8) is 0 Å². The van der Waals surface area contributed by atoms with Crippen LogP contribution in [0, 0.1) is 0 Å². The lowest BCUT2D eigenvalue weighted by atomic mass is 10.4. The summed E-state index contributed by atoms with van der Waals surface area (Å²) in [6, 6.07) is 21.2. The van der Waals surface area contributed by atoms with Crippen LogP contribution in [0.2, 0.25) is 0 Å². The van der Waals surface area contributed by atoms with Gasteiger partial charge in [-0.2, -0.15) is 0 Å². The molecule has 0 saturated heterocycles. The SMILES string of the molecule is CC.c1ccc(Pc2ccccc2)cc1. The van der Waals surface area contributed by atoms with E-state index in [1.165, 1.54) is 10.6 Å². The molecule has 0 saturated carbocycles. The maximum Gasteiger partial charge on any atom is -0.0226 e. The number of hydrogen-bond acceptors (Lipinski definition) is 0. The molecule has 0 aliphatic carbocycles. The molecule has 0 atom stereocenters. The summed E-state index contributed by atoms with van der Waals surface area (Å²) in [5.41, 5.74) is 0. The van der Waals surface area contributed by atoms with Crippen molar-refractivity contribution in [1.29, 1.82) is 0 Å². The Hall–Kier alpha value is -1.13. The van der Waals surface area contributed by atoms with Gasteiger partial charge in [-0.05, 0) is 10.6 Å². The van der Waals surface area contributed by atoms with Crippen molar-refractivity contribution < 1.29 is 0 Å². The highest BCUT2D eigenvalue weighted by Crippen LogP contribution is 2.08. The van der Waals surface area contributed by atoms with Crippen LogP contribution in [0.4, 0.5) is 0 Å². The molecule has 0 fully saturated rings. The first-order valence-corrected chi connectivity index (χ1v) is 6.32. The van der Waals surface area contributed by atoms with Gasteiger partial charge in [0.15, 0.2) is 0 Å². The minimum atomic E-state index is 0.777. The van der Waals surface area contributed by atoms with E-state index >= 15 is 0 Å². The highest BCUT2D eigenvalue weighted by Gasteiger charge is 1.92. The Labute approximate surface area is 94.1 Å². The van der Waals surface area contributed by atoms with E-state index in [9.17, 15) is 0 Å². The molecule has 0 radical (unpaired) electrons. The first-order valence-electron chi connectivity index (χ1n) is 5.32. The predicted octanol–water partition coefficient (Wildman–Crippen LogP) is 3.34. The standard InChI is InChI=1S/C12H11P.C2H6/c1-3-7-11(8-4-1)13-12-9-5-2-6-10-12;1-2/h1-10,13H;1-2H3. The van der Waals surface area contributed by atoms with Crippen LogP contribution in [0.3, 0.4) is 0 Å². The molecule has 2 aromatic rings. The van der Waals surface area contributed by atoms with Gasteiger partial charge in [-0.25, -0.2) is 0 Å². The van der Waals surface area contributed by atoms with Gasteiger partial charge in [0.25, 0.3) is 0 Å². The zero-order valence-corrected chi connectivity index (χ0v) is 10.3. The molecular formula is C14H17P. The molecule has 0 bridgehead atoms. The lowest BCUT2D eigenvalue weighted by Gasteiger charge is -2.00. The smallest absolute Gasteiger partial charge is 0.0226 e. The fourth-order valence-corrected chi connectivity index (χ4v) is 2.26. The van der Waals surface area contributed by atoms with Gasteiger partial charge in [0.2, 0.25) is 0 Å². The second kappa shape index (κ2) is 7.20. The molecule has 78 valence electrons. The van der Waals surface area contributed by atoms with Crippen LogP contribution < -0.4 is 10.6 Å². The summed E-state index contributed by atoms with van der Waals surface area (Å²) in [4.78, 5) is 0. The summed E-state index contributed by atoms with van der Waals surface area (Å²) < 4.78 is 0. The highest BCUT2D eigenvalue weighted by atomic mass is 31.1. The van der Waals surface area contributed by atoms with Crippen LogP contribution in [0.1, 0.15) is 13.8 Å². The normalized spacial score (nSPS) is 8.93. The van der Waals surface area contributed by atoms with Crippen LogP contribution in [-0.4, -0.2) is 0 Å². The number of benzene rings is 2. The van der Waals surface area contributed by atoms with Crippen LogP contribution >= 0.6 is 8.58 Å². The first-order chi connectivity index (χ1) is 7.45. The predicted molar refractivity (Wildman–Crippen MR) is 71.8 cm³/mol. The molecule has 0 heterocycles. The molecule has 0 aliphatic rings. The lowest BCUT2D eigenvalue weighted by Crippen LogP contribution is -2.01. The lowest BCUT2D eigenvalue weighted by molar-refractivity contribution is 1.50. The van der Waals surface area contributed by atoms with E-state index in [1.807, 2.05) is 13.8 Å². The highest BCUT2D eigenvalue weighted by molar-refractivity contribution is 7.55. The monoisotopic (exact) mass is 216 g/mol. The maximum atomic E-state index is 2.17. The van der Waals surface area contributed by atoms with Crippen molar-refractivity contribution in [2.75, 3.05) is 0 Å². The van der Waals surface area contributed by atoms with E-state index in [0.717, 1.165) is 8.58 Å². The fraction of sp³-hybridized carbons (Fsp3) is 0.143. The van der Waals surface area contributed by atoms with E-state index in [2.05, 4.69) is 60.7 Å². The number of hydrogen-bond donors (Lipinski definition) is 0. The van der Waals surface area contributed by atoms with Crippen molar-refractivity contribution >= 4 is 19.2 Å². The summed E-state index contributed by atoms with van der Waals surface area (Å²) in [5, 5.41) is 2.79. The Morgan fingerprint density at radius 1 is 0.600 bits per heavy atom. The first kappa shape index (κ1) is 11.9. The summed E-state index contributed by atoms with van der Waals surface area (Å²) in [5.74, 6) is 0. The van der Waals surface area contributed by atoms with Crippen molar-refractivity contribution in [1.82, 2.24) is 0 Å². The van der Waals surface area contributed by atoms with Gasteiger partial charge >= 0.3 is 0 Å². The summed E-state index contributed by atoms with van der Waals surface area (Å²) in [6.07, 6.45) is 0. The average molecular weight is 216 g/mol. The largest absolute Gasteiger partial charge is 0.0683 e. The minimum Gasteiger partial charge on any atom is -0.0683 e. The van der Waals surface area contributed by atoms with Crippen LogP contribution in [0.25, 0.3) is 0 Å². The molecule has 2 rings (SSSR count). The van der Waals surface area contributed by atoms with E-state index in [-0.39, 0.29) is 0 Å². The molecule has 0 nitrogen and oxygen atoms in total. The number of rotatable bonds is 2. The Bertz CT molecular complexity index is 316. The second-order valence-corrected chi connectivity index (χ2v) is 4.26. The van der Waals surface area contributed by atoms with Crippen molar-refractivity contribution in [3.05, 3.63) is 60.7 Å². The van der Waals surface area contributed by atoms with Crippen molar-refractivity contribution in [2.24, 2.45) is 0 Å². The topological polar surface area (TPSA) is 0 Å². The van der Waals surface area contributed by atoms with Crippen LogP contribution in [-0.2, 0) is 0 Å². The molecule has 0 amide bonds. The van der Waals surface area contributed by atoms with E-state index < -0.39 is 0 Å². The quantitative estimate of drug-likeness (QED) is 0.675. The Balaban J connectivity index is 0.000000531. The molecule has 0 aliphatic heterocycles. The zero-order chi connectivity index (χ0) is 10.9. The molecule has 0 spiro atoms.